The van der Waals surface area contributed by atoms with Crippen LogP contribution in [0.2, 0.25) is 0 Å². The molecule has 3 N–H and O–H groups in total. The van der Waals surface area contributed by atoms with Crippen molar-refractivity contribution in [1.82, 2.24) is 0 Å². The number of allylic oxidation sites excluding steroid dienone is 3. The highest BCUT2D eigenvalue weighted by molar-refractivity contribution is 5.62. The topological polar surface area (TPSA) is 63.3 Å². The van der Waals surface area contributed by atoms with Crippen LogP contribution < -0.4 is 5.73 Å². The first kappa shape index (κ1) is 10.7. The average Bonchev–Trinajstić information content (AvgIpc) is 2.11. The van der Waals surface area contributed by atoms with Crippen LogP contribution in [0.4, 0.5) is 0 Å². The zero-order valence-electron chi connectivity index (χ0n) is 7.03. The molecule has 0 aliphatic carbocycles. The number of aldehydes is 1. The molecule has 1 atom stereocenters. The number of carbonyl (C=O) groups excluding carboxylic acids is 1. The van der Waals surface area contributed by atoms with Gasteiger partial charge in [0, 0.05) is 0 Å². The van der Waals surface area contributed by atoms with E-state index in [9.17, 15) is 4.79 Å². The predicted octanol–water partition coefficient (Wildman–Crippen LogP) is 1.09. The van der Waals surface area contributed by atoms with Crippen LogP contribution >= 0.6 is 0 Å². The van der Waals surface area contributed by atoms with Crippen molar-refractivity contribution in [2.75, 3.05) is 0 Å². The van der Waals surface area contributed by atoms with E-state index in [1.807, 2.05) is 0 Å². The molecule has 3 nitrogen and oxygen atoms in total. The second kappa shape index (κ2) is 5.32. The molecule has 3 heteroatoms. The molecular weight excluding hydrogens is 154 g/mol. The Morgan fingerprint density at radius 2 is 2.17 bits per heavy atom. The normalized spacial score (nSPS) is 15.5. The van der Waals surface area contributed by atoms with E-state index in [0.29, 0.717) is 11.9 Å². The predicted molar refractivity (Wildman–Crippen MR) is 48.7 cm³/mol. The summed E-state index contributed by atoms with van der Waals surface area (Å²) in [6.45, 7) is 5.07. The first-order chi connectivity index (χ1) is 5.61. The summed E-state index contributed by atoms with van der Waals surface area (Å²) < 4.78 is 0. The maximum atomic E-state index is 10.2. The second-order valence-electron chi connectivity index (χ2n) is 2.37. The Morgan fingerprint density at radius 3 is 2.58 bits per heavy atom. The van der Waals surface area contributed by atoms with Crippen molar-refractivity contribution >= 4 is 6.29 Å². The highest BCUT2D eigenvalue weighted by atomic mass is 16.3. The fourth-order valence-corrected chi connectivity index (χ4v) is 0.503. The Hall–Kier alpha value is -1.35. The Bertz CT molecular complexity index is 229. The summed E-state index contributed by atoms with van der Waals surface area (Å²) in [5, 5.41) is 8.93. The molecule has 0 fully saturated rings. The number of aliphatic hydroxyl groups excluding tert-OH is 1. The molecule has 0 spiro atoms. The van der Waals surface area contributed by atoms with Crippen molar-refractivity contribution < 1.29 is 9.90 Å². The largest absolute Gasteiger partial charge is 0.508 e. The Balaban J connectivity index is 4.36. The van der Waals surface area contributed by atoms with Crippen molar-refractivity contribution in [2.24, 2.45) is 5.73 Å². The minimum Gasteiger partial charge on any atom is -0.508 e. The number of carbonyl (C=O) groups is 1. The molecule has 0 heterocycles. The van der Waals surface area contributed by atoms with E-state index < -0.39 is 6.04 Å². The summed E-state index contributed by atoms with van der Waals surface area (Å²) in [6, 6.07) is -0.598. The fraction of sp³-hybridized carbons (Fsp3) is 0.222. The molecule has 0 amide bonds. The molecule has 66 valence electrons. The number of aliphatic hydroxyl groups is 1. The first-order valence-electron chi connectivity index (χ1n) is 3.52. The van der Waals surface area contributed by atoms with Crippen LogP contribution in [0.1, 0.15) is 6.92 Å². The molecule has 0 aliphatic rings. The van der Waals surface area contributed by atoms with Crippen molar-refractivity contribution in [3.8, 4) is 0 Å². The van der Waals surface area contributed by atoms with Gasteiger partial charge in [-0.1, -0.05) is 12.7 Å². The summed E-state index contributed by atoms with van der Waals surface area (Å²) in [5.74, 6) is 0.0486. The van der Waals surface area contributed by atoms with Crippen LogP contribution in [0.15, 0.2) is 36.1 Å². The van der Waals surface area contributed by atoms with Crippen LogP contribution in [-0.2, 0) is 4.79 Å². The first-order valence-corrected chi connectivity index (χ1v) is 3.52. The molecule has 12 heavy (non-hydrogen) atoms. The van der Waals surface area contributed by atoms with Gasteiger partial charge in [-0.2, -0.15) is 0 Å². The number of hydrogen-bond acceptors (Lipinski definition) is 3. The molecule has 1 unspecified atom stereocenters. The third kappa shape index (κ3) is 3.73. The van der Waals surface area contributed by atoms with Crippen LogP contribution in [-0.4, -0.2) is 17.4 Å². The van der Waals surface area contributed by atoms with Gasteiger partial charge in [-0.15, -0.1) is 0 Å². The van der Waals surface area contributed by atoms with Gasteiger partial charge in [0.25, 0.3) is 0 Å². The molecule has 0 rings (SSSR count). The molecule has 0 saturated heterocycles. The Kier molecular flexibility index (Phi) is 4.72. The van der Waals surface area contributed by atoms with Gasteiger partial charge in [0.1, 0.15) is 12.0 Å². The van der Waals surface area contributed by atoms with Crippen LogP contribution in [0, 0.1) is 0 Å². The Morgan fingerprint density at radius 1 is 1.58 bits per heavy atom. The van der Waals surface area contributed by atoms with Crippen molar-refractivity contribution in [1.29, 1.82) is 0 Å². The third-order valence-electron chi connectivity index (χ3n) is 1.40. The maximum Gasteiger partial charge on any atom is 0.140 e. The molecule has 0 saturated carbocycles. The van der Waals surface area contributed by atoms with Gasteiger partial charge in [0.15, 0.2) is 0 Å². The van der Waals surface area contributed by atoms with Crippen LogP contribution in [0.5, 0.6) is 0 Å². The lowest BCUT2D eigenvalue weighted by Crippen LogP contribution is -2.22. The van der Waals surface area contributed by atoms with Crippen LogP contribution in [0.25, 0.3) is 0 Å². The smallest absolute Gasteiger partial charge is 0.140 e. The molecule has 0 radical (unpaired) electrons. The van der Waals surface area contributed by atoms with Gasteiger partial charge in [-0.25, -0.2) is 0 Å². The molecule has 0 bridgehead atoms. The maximum absolute atomic E-state index is 10.2. The lowest BCUT2D eigenvalue weighted by molar-refractivity contribution is -0.108. The van der Waals surface area contributed by atoms with Gasteiger partial charge >= 0.3 is 0 Å². The zero-order valence-corrected chi connectivity index (χ0v) is 7.03. The van der Waals surface area contributed by atoms with Crippen molar-refractivity contribution in [2.45, 2.75) is 13.0 Å². The summed E-state index contributed by atoms with van der Waals surface area (Å²) in [5.41, 5.74) is 6.06. The summed E-state index contributed by atoms with van der Waals surface area (Å²) in [7, 11) is 0. The standard InChI is InChI=1S/C9H13NO2/c1-3-8(12)5-4-7(2)9(10)6-11/h3-6,9,12H,1,10H2,2H3/b7-4+,8-5+. The molecule has 0 aromatic carbocycles. The van der Waals surface area contributed by atoms with Crippen molar-refractivity contribution in [3.05, 3.63) is 36.1 Å². The van der Waals surface area contributed by atoms with E-state index in [2.05, 4.69) is 6.58 Å². The molecule has 0 aliphatic heterocycles. The summed E-state index contributed by atoms with van der Waals surface area (Å²) in [6.07, 6.45) is 4.96. The lowest BCUT2D eigenvalue weighted by Gasteiger charge is -2.01. The van der Waals surface area contributed by atoms with Gasteiger partial charge in [0.05, 0.1) is 6.04 Å². The minimum absolute atomic E-state index is 0.0486. The Labute approximate surface area is 71.9 Å². The van der Waals surface area contributed by atoms with E-state index in [0.717, 1.165) is 0 Å². The monoisotopic (exact) mass is 167 g/mol. The zero-order chi connectivity index (χ0) is 9.56. The second-order valence-corrected chi connectivity index (χ2v) is 2.37. The van der Waals surface area contributed by atoms with Gasteiger partial charge < -0.3 is 15.6 Å². The molecule has 0 aromatic rings. The highest BCUT2D eigenvalue weighted by Crippen LogP contribution is 1.98. The molecular formula is C9H13NO2. The van der Waals surface area contributed by atoms with E-state index >= 15 is 0 Å². The van der Waals surface area contributed by atoms with E-state index in [4.69, 9.17) is 10.8 Å². The fourth-order valence-electron chi connectivity index (χ4n) is 0.503. The molecule has 0 aromatic heterocycles. The summed E-state index contributed by atoms with van der Waals surface area (Å²) >= 11 is 0. The quantitative estimate of drug-likeness (QED) is 0.374. The van der Waals surface area contributed by atoms with Crippen molar-refractivity contribution in [3.63, 3.8) is 0 Å². The van der Waals surface area contributed by atoms with E-state index in [1.165, 1.54) is 12.2 Å². The summed E-state index contributed by atoms with van der Waals surface area (Å²) in [4.78, 5) is 10.2. The number of rotatable bonds is 4. The van der Waals surface area contributed by atoms with Gasteiger partial charge in [-0.3, -0.25) is 0 Å². The van der Waals surface area contributed by atoms with Gasteiger partial charge in [-0.05, 0) is 24.6 Å². The number of hydrogen-bond donors (Lipinski definition) is 2. The average molecular weight is 167 g/mol. The van der Waals surface area contributed by atoms with E-state index in [1.54, 1.807) is 13.0 Å². The van der Waals surface area contributed by atoms with Gasteiger partial charge in [0.2, 0.25) is 0 Å². The SMILES string of the molecule is C=C/C(O)=C\C=C(/C)C(N)C=O. The third-order valence-corrected chi connectivity index (χ3v) is 1.40. The van der Waals surface area contributed by atoms with E-state index in [-0.39, 0.29) is 5.76 Å². The van der Waals surface area contributed by atoms with Crippen LogP contribution in [0.3, 0.4) is 0 Å². The highest BCUT2D eigenvalue weighted by Gasteiger charge is 1.99. The lowest BCUT2D eigenvalue weighted by atomic mass is 10.1. The minimum atomic E-state index is -0.598. The number of nitrogens with two attached hydrogens (primary N) is 1.